The molecule has 0 aliphatic carbocycles. The zero-order valence-electron chi connectivity index (χ0n) is 7.82. The van der Waals surface area contributed by atoms with Gasteiger partial charge in [0.25, 0.3) is 0 Å². The third kappa shape index (κ3) is 14.1. The van der Waals surface area contributed by atoms with Gasteiger partial charge in [0.1, 0.15) is 0 Å². The molecule has 0 spiro atoms. The molecule has 0 saturated carbocycles. The molecule has 0 amide bonds. The molecule has 0 aromatic rings. The van der Waals surface area contributed by atoms with Gasteiger partial charge in [-0.3, -0.25) is 0 Å². The molecule has 0 fully saturated rings. The van der Waals surface area contributed by atoms with Gasteiger partial charge in [0.05, 0.1) is 0 Å². The van der Waals surface area contributed by atoms with E-state index in [1.807, 2.05) is 27.7 Å². The first kappa shape index (κ1) is 16.0. The maximum atomic E-state index is 5.52. The molecule has 6 heteroatoms. The topological polar surface area (TPSA) is 0 Å². The number of rotatable bonds is 2. The number of hydrogen-bond acceptors (Lipinski definition) is 0. The Hall–Kier alpha value is 1.59. The van der Waals surface area contributed by atoms with E-state index in [1.165, 1.54) is 0 Å². The van der Waals surface area contributed by atoms with Gasteiger partial charge in [0, 0.05) is 0 Å². The largest absolute Gasteiger partial charge is 0.239 e. The molecule has 0 aromatic heterocycles. The Morgan fingerprint density at radius 1 is 0.667 bits per heavy atom. The van der Waals surface area contributed by atoms with Crippen LogP contribution in [-0.2, 0) is 0 Å². The second kappa shape index (κ2) is 9.16. The van der Waals surface area contributed by atoms with Gasteiger partial charge in [-0.1, -0.05) is 27.7 Å². The molecule has 0 atom stereocenters. The van der Waals surface area contributed by atoms with Gasteiger partial charge in [0.15, 0.2) is 0 Å². The summed E-state index contributed by atoms with van der Waals surface area (Å²) in [7, 11) is -2.60. The Morgan fingerprint density at radius 2 is 0.750 bits per heavy atom. The molecule has 0 N–H and O–H groups in total. The molecule has 76 valence electrons. The van der Waals surface area contributed by atoms with Gasteiger partial charge in [-0.25, -0.2) is 0 Å². The molecule has 12 heavy (non-hydrogen) atoms. The van der Waals surface area contributed by atoms with Crippen molar-refractivity contribution in [1.29, 1.82) is 0 Å². The van der Waals surface area contributed by atoms with Gasteiger partial charge in [-0.2, -0.15) is 44.3 Å². The lowest BCUT2D eigenvalue weighted by atomic mass is 10.6. The average Bonchev–Trinajstić information content (AvgIpc) is 1.88. The van der Waals surface area contributed by atoms with Gasteiger partial charge < -0.3 is 0 Å². The van der Waals surface area contributed by atoms with Crippen molar-refractivity contribution >= 4 is 59.1 Å². The molecule has 0 radical (unpaired) electrons. The Bertz CT molecular complexity index is 71.5. The minimum atomic E-state index is -1.30. The maximum absolute atomic E-state index is 5.52. The first-order valence-electron chi connectivity index (χ1n) is 3.85. The third-order valence-electron chi connectivity index (χ3n) is 1.01. The highest BCUT2D eigenvalue weighted by atomic mass is 35.7. The average molecular weight is 286 g/mol. The summed E-state index contributed by atoms with van der Waals surface area (Å²) in [6.07, 6.45) is 0. The van der Waals surface area contributed by atoms with Crippen molar-refractivity contribution in [2.45, 2.75) is 38.8 Å². The summed E-state index contributed by atoms with van der Waals surface area (Å²) in [5.41, 5.74) is 1.04. The van der Waals surface area contributed by atoms with Crippen molar-refractivity contribution in [3.05, 3.63) is 0 Å². The van der Waals surface area contributed by atoms with Crippen LogP contribution in [0.2, 0.25) is 11.1 Å². The van der Waals surface area contributed by atoms with E-state index in [2.05, 4.69) is 0 Å². The first-order valence-corrected chi connectivity index (χ1v) is 12.2. The van der Waals surface area contributed by atoms with Crippen LogP contribution in [0.3, 0.4) is 0 Å². The molecule has 0 aliphatic rings. The van der Waals surface area contributed by atoms with Crippen molar-refractivity contribution < 1.29 is 0 Å². The summed E-state index contributed by atoms with van der Waals surface area (Å²) in [4.78, 5) is 0. The fourth-order valence-electron chi connectivity index (χ4n) is 0. The van der Waals surface area contributed by atoms with Crippen LogP contribution < -0.4 is 0 Å². The Kier molecular flexibility index (Phi) is 12.2. The van der Waals surface area contributed by atoms with E-state index >= 15 is 0 Å². The van der Waals surface area contributed by atoms with Crippen LogP contribution in [0.25, 0.3) is 0 Å². The highest BCUT2D eigenvalue weighted by molar-refractivity contribution is 7.34. The van der Waals surface area contributed by atoms with Gasteiger partial charge >= 0.3 is 0 Å². The zero-order valence-corrected chi connectivity index (χ0v) is 13.2. The van der Waals surface area contributed by atoms with Crippen LogP contribution >= 0.6 is 44.3 Å². The van der Waals surface area contributed by atoms with Gasteiger partial charge in [0.2, 0.25) is 14.8 Å². The van der Waals surface area contributed by atoms with E-state index in [-0.39, 0.29) is 0 Å². The summed E-state index contributed by atoms with van der Waals surface area (Å²) in [5, 5.41) is 0. The fraction of sp³-hybridized carbons (Fsp3) is 1.00. The van der Waals surface area contributed by atoms with Crippen LogP contribution in [0, 0.1) is 0 Å². The SMILES string of the molecule is CC(C)[SiH](Cl)Cl.CC(C)[SiH](Cl)Cl. The van der Waals surface area contributed by atoms with E-state index in [1.54, 1.807) is 0 Å². The number of hydrogen-bond donors (Lipinski definition) is 0. The molecular formula is C6H16Cl4Si2. The van der Waals surface area contributed by atoms with Gasteiger partial charge in [-0.05, 0) is 11.1 Å². The summed E-state index contributed by atoms with van der Waals surface area (Å²) in [6.45, 7) is 8.15. The monoisotopic (exact) mass is 284 g/mol. The van der Waals surface area contributed by atoms with Crippen molar-refractivity contribution in [3.8, 4) is 0 Å². The van der Waals surface area contributed by atoms with Crippen molar-refractivity contribution in [2.24, 2.45) is 0 Å². The van der Waals surface area contributed by atoms with Crippen molar-refractivity contribution in [1.82, 2.24) is 0 Å². The van der Waals surface area contributed by atoms with E-state index in [4.69, 9.17) is 44.3 Å². The maximum Gasteiger partial charge on any atom is 0.239 e. The van der Waals surface area contributed by atoms with E-state index < -0.39 is 14.8 Å². The predicted octanol–water partition coefficient (Wildman–Crippen LogP) is 4.19. The molecule has 0 aliphatic heterocycles. The molecule has 0 unspecified atom stereocenters. The van der Waals surface area contributed by atoms with Crippen LogP contribution in [0.15, 0.2) is 0 Å². The quantitative estimate of drug-likeness (QED) is 0.527. The van der Waals surface area contributed by atoms with E-state index in [0.717, 1.165) is 0 Å². The predicted molar refractivity (Wildman–Crippen MR) is 67.9 cm³/mol. The van der Waals surface area contributed by atoms with Crippen molar-refractivity contribution in [2.75, 3.05) is 0 Å². The lowest BCUT2D eigenvalue weighted by Crippen LogP contribution is -1.96. The van der Waals surface area contributed by atoms with Crippen LogP contribution in [0.5, 0.6) is 0 Å². The lowest BCUT2D eigenvalue weighted by Gasteiger charge is -1.97. The summed E-state index contributed by atoms with van der Waals surface area (Å²) < 4.78 is 0. The van der Waals surface area contributed by atoms with Crippen molar-refractivity contribution in [3.63, 3.8) is 0 Å². The molecule has 0 saturated heterocycles. The summed E-state index contributed by atoms with van der Waals surface area (Å²) >= 11 is 22.1. The highest BCUT2D eigenvalue weighted by Crippen LogP contribution is 2.13. The Balaban J connectivity index is 0. The summed E-state index contributed by atoms with van der Waals surface area (Å²) in [5.74, 6) is 0. The standard InChI is InChI=1S/2C3H8Cl2Si/c2*1-3(2)6(4)5/h2*3,6H,1-2H3. The second-order valence-electron chi connectivity index (χ2n) is 3.16. The van der Waals surface area contributed by atoms with Crippen LogP contribution in [0.4, 0.5) is 0 Å². The summed E-state index contributed by atoms with van der Waals surface area (Å²) in [6, 6.07) is 0. The van der Waals surface area contributed by atoms with Crippen LogP contribution in [-0.4, -0.2) is 14.8 Å². The third-order valence-corrected chi connectivity index (χ3v) is 9.07. The van der Waals surface area contributed by atoms with E-state index in [9.17, 15) is 0 Å². The molecule has 0 bridgehead atoms. The highest BCUT2D eigenvalue weighted by Gasteiger charge is 2.05. The molecular weight excluding hydrogens is 270 g/mol. The number of halogens is 4. The first-order chi connectivity index (χ1) is 5.29. The molecule has 0 heterocycles. The fourth-order valence-corrected chi connectivity index (χ4v) is 0. The Morgan fingerprint density at radius 3 is 0.750 bits per heavy atom. The van der Waals surface area contributed by atoms with Gasteiger partial charge in [-0.15, -0.1) is 0 Å². The minimum Gasteiger partial charge on any atom is -0.150 e. The zero-order chi connectivity index (χ0) is 10.3. The minimum absolute atomic E-state index is 0.522. The molecule has 0 aromatic carbocycles. The van der Waals surface area contributed by atoms with Crippen LogP contribution in [0.1, 0.15) is 27.7 Å². The van der Waals surface area contributed by atoms with E-state index in [0.29, 0.717) is 11.1 Å². The Labute approximate surface area is 97.6 Å². The normalized spacial score (nSPS) is 11.0. The molecule has 0 nitrogen and oxygen atoms in total. The molecule has 0 rings (SSSR count). The second-order valence-corrected chi connectivity index (χ2v) is 14.1. The smallest absolute Gasteiger partial charge is 0.150 e. The lowest BCUT2D eigenvalue weighted by molar-refractivity contribution is 1.07.